The van der Waals surface area contributed by atoms with Crippen molar-refractivity contribution in [1.29, 1.82) is 0 Å². The normalized spacial score (nSPS) is 32.8. The zero-order valence-corrected chi connectivity index (χ0v) is 50.1. The minimum Gasteiger partial charge on any atom is -0.462 e. The van der Waals surface area contributed by atoms with E-state index in [1.165, 1.54) is 17.2 Å². The summed E-state index contributed by atoms with van der Waals surface area (Å²) in [6.07, 6.45) is 21.9. The highest BCUT2D eigenvalue weighted by Gasteiger charge is 2.47. The largest absolute Gasteiger partial charge is 0.462 e. The van der Waals surface area contributed by atoms with Crippen LogP contribution in [0.1, 0.15) is 160 Å². The quantitative estimate of drug-likeness (QED) is 0.0643. The third-order valence-electron chi connectivity index (χ3n) is 18.0. The predicted octanol–water partition coefficient (Wildman–Crippen LogP) is 13.3. The Morgan fingerprint density at radius 3 is 1.62 bits per heavy atom. The SMILES string of the molecule is C=CCOC(=O)CCC(C)(C)C(=O)O[C@H]1C[C@@H](C)C=C2C=C[C@H](C)[C@H](CC[C@@H]3C[C@@H](O[Si](C)(C)C(C)(C)C)CC(=O)O3)[C@H]21.C[C@H]1C=C2C=C[C@H](C)[C@H](CC[C@@H]3C[C@@H](O[Si](C)(C)C(C)(C)C)CC(=O)O3)[C@H]2[C@@H](O)C1. The van der Waals surface area contributed by atoms with E-state index in [0.29, 0.717) is 42.9 Å². The standard InChI is InChI=1S/C35H56O7Si.C25H42O4Si/c1-11-18-39-30(36)16-17-35(7,8)33(38)41-29-20-23(2)19-25-13-12-24(3)28(32(25)29)15-14-26-21-27(22-31(37)40-26)42-43(9,10)34(4,5)6;1-16-12-18-9-8-17(2)21(24(18)22(26)13-16)11-10-19-14-20(15-23(27)28-19)29-30(6,7)25(3,4)5/h11-13,19,23-24,26-29,32H,1,14-18,20-22H2,2-10H3;8-9,12,16-17,19-22,24,26H,10-11,13-15H2,1-7H3/t23-,24-,26+,27+,28-,29-,32-;16-,17-,19+,20+,21-,22-,24-/m00/s1. The molecular weight excluding hydrogens is 953 g/mol. The molecule has 2 saturated heterocycles. The number of hydrogen-bond donors (Lipinski definition) is 1. The fourth-order valence-corrected chi connectivity index (χ4v) is 14.3. The van der Waals surface area contributed by atoms with Crippen LogP contribution in [0.2, 0.25) is 36.3 Å². The first-order chi connectivity index (χ1) is 33.8. The molecule has 13 heteroatoms. The van der Waals surface area contributed by atoms with Gasteiger partial charge in [0.25, 0.3) is 0 Å². The maximum absolute atomic E-state index is 13.5. The minimum absolute atomic E-state index is 0.0302. The maximum Gasteiger partial charge on any atom is 0.311 e. The topological polar surface area (TPSA) is 144 Å². The van der Waals surface area contributed by atoms with Crippen LogP contribution >= 0.6 is 0 Å². The van der Waals surface area contributed by atoms with Gasteiger partial charge in [-0.2, -0.15) is 0 Å². The zero-order chi connectivity index (χ0) is 54.4. The summed E-state index contributed by atoms with van der Waals surface area (Å²) in [5.41, 5.74) is 1.70. The molecule has 412 valence electrons. The van der Waals surface area contributed by atoms with E-state index in [0.717, 1.165) is 51.4 Å². The van der Waals surface area contributed by atoms with E-state index in [1.54, 1.807) is 0 Å². The lowest BCUT2D eigenvalue weighted by Gasteiger charge is -2.44. The van der Waals surface area contributed by atoms with Crippen LogP contribution in [0.15, 0.2) is 60.3 Å². The smallest absolute Gasteiger partial charge is 0.311 e. The van der Waals surface area contributed by atoms with E-state index in [4.69, 9.17) is 27.8 Å². The van der Waals surface area contributed by atoms with Gasteiger partial charge in [-0.05, 0) is 142 Å². The van der Waals surface area contributed by atoms with Crippen LogP contribution in [0.4, 0.5) is 0 Å². The second-order valence-electron chi connectivity index (χ2n) is 26.7. The lowest BCUT2D eigenvalue weighted by Crippen LogP contribution is -2.47. The first-order valence-corrected chi connectivity index (χ1v) is 33.8. The molecule has 11 nitrogen and oxygen atoms in total. The van der Waals surface area contributed by atoms with Crippen molar-refractivity contribution in [1.82, 2.24) is 0 Å². The molecule has 0 aromatic rings. The number of carbonyl (C=O) groups excluding carboxylic acids is 4. The Kier molecular flexibility index (Phi) is 20.7. The van der Waals surface area contributed by atoms with E-state index in [-0.39, 0.29) is 107 Å². The summed E-state index contributed by atoms with van der Waals surface area (Å²) in [5.74, 6) is 1.43. The van der Waals surface area contributed by atoms with Gasteiger partial charge in [-0.1, -0.05) is 118 Å². The average Bonchev–Trinajstić information content (AvgIpc) is 3.25. The molecule has 0 saturated carbocycles. The van der Waals surface area contributed by atoms with Crippen LogP contribution in [-0.2, 0) is 47.0 Å². The van der Waals surface area contributed by atoms with Crippen LogP contribution in [0.5, 0.6) is 0 Å². The molecule has 0 unspecified atom stereocenters. The Morgan fingerprint density at radius 1 is 0.699 bits per heavy atom. The number of aliphatic hydroxyl groups is 1. The van der Waals surface area contributed by atoms with Gasteiger partial charge in [-0.25, -0.2) is 0 Å². The van der Waals surface area contributed by atoms with Crippen LogP contribution in [0.3, 0.4) is 0 Å². The summed E-state index contributed by atoms with van der Waals surface area (Å²) in [4.78, 5) is 50.5. The van der Waals surface area contributed by atoms with Crippen molar-refractivity contribution in [2.45, 2.75) is 233 Å². The molecule has 2 heterocycles. The van der Waals surface area contributed by atoms with Crippen molar-refractivity contribution in [2.75, 3.05) is 6.61 Å². The molecular formula is C60H98O11Si2. The Labute approximate surface area is 443 Å². The summed E-state index contributed by atoms with van der Waals surface area (Å²) in [5, 5.41) is 11.0. The zero-order valence-electron chi connectivity index (χ0n) is 48.1. The summed E-state index contributed by atoms with van der Waals surface area (Å²) < 4.78 is 36.2. The highest BCUT2D eigenvalue weighted by atomic mass is 28.4. The molecule has 14 atom stereocenters. The van der Waals surface area contributed by atoms with E-state index < -0.39 is 22.0 Å². The summed E-state index contributed by atoms with van der Waals surface area (Å²) in [6, 6.07) is 0. The number of hydrogen-bond acceptors (Lipinski definition) is 11. The molecule has 2 fully saturated rings. The number of cyclic esters (lactones) is 2. The highest BCUT2D eigenvalue weighted by Crippen LogP contribution is 2.48. The van der Waals surface area contributed by atoms with Crippen LogP contribution in [0, 0.1) is 52.8 Å². The summed E-state index contributed by atoms with van der Waals surface area (Å²) in [6.45, 7) is 38.5. The number of aliphatic hydroxyl groups excluding tert-OH is 1. The molecule has 0 aromatic heterocycles. The monoisotopic (exact) mass is 1050 g/mol. The first kappa shape index (κ1) is 60.8. The van der Waals surface area contributed by atoms with E-state index in [2.05, 4.69) is 138 Å². The van der Waals surface area contributed by atoms with Crippen molar-refractivity contribution < 1.29 is 52.1 Å². The molecule has 0 amide bonds. The maximum atomic E-state index is 13.5. The van der Waals surface area contributed by atoms with Gasteiger partial charge in [0.2, 0.25) is 0 Å². The Morgan fingerprint density at radius 2 is 1.15 bits per heavy atom. The summed E-state index contributed by atoms with van der Waals surface area (Å²) in [7, 11) is -3.92. The van der Waals surface area contributed by atoms with Crippen LogP contribution in [0.25, 0.3) is 0 Å². The van der Waals surface area contributed by atoms with Gasteiger partial charge in [0, 0.05) is 31.1 Å². The molecule has 4 aliphatic carbocycles. The van der Waals surface area contributed by atoms with Gasteiger partial charge in [0.05, 0.1) is 36.6 Å². The average molecular weight is 1050 g/mol. The predicted molar refractivity (Wildman–Crippen MR) is 295 cm³/mol. The molecule has 0 radical (unpaired) electrons. The second kappa shape index (κ2) is 24.9. The van der Waals surface area contributed by atoms with E-state index in [9.17, 15) is 24.3 Å². The fraction of sp³-hybridized carbons (Fsp3) is 0.767. The van der Waals surface area contributed by atoms with Crippen molar-refractivity contribution in [3.63, 3.8) is 0 Å². The van der Waals surface area contributed by atoms with Crippen molar-refractivity contribution in [3.05, 3.63) is 60.3 Å². The van der Waals surface area contributed by atoms with Crippen LogP contribution in [-0.4, -0.2) is 88.8 Å². The third-order valence-corrected chi connectivity index (χ3v) is 27.0. The fourth-order valence-electron chi connectivity index (χ4n) is 11.6. The van der Waals surface area contributed by atoms with Gasteiger partial charge in [0.1, 0.15) is 24.9 Å². The number of esters is 4. The van der Waals surface area contributed by atoms with Crippen LogP contribution < -0.4 is 0 Å². The van der Waals surface area contributed by atoms with Gasteiger partial charge in [-0.3, -0.25) is 19.2 Å². The summed E-state index contributed by atoms with van der Waals surface area (Å²) >= 11 is 0. The molecule has 0 aromatic carbocycles. The van der Waals surface area contributed by atoms with Crippen molar-refractivity contribution in [2.24, 2.45) is 52.8 Å². The number of rotatable bonds is 17. The lowest BCUT2D eigenvalue weighted by molar-refractivity contribution is -0.166. The highest BCUT2D eigenvalue weighted by molar-refractivity contribution is 6.74. The molecule has 0 spiro atoms. The molecule has 2 aliphatic heterocycles. The Bertz CT molecular complexity index is 2050. The molecule has 1 N–H and O–H groups in total. The van der Waals surface area contributed by atoms with Gasteiger partial charge < -0.3 is 32.9 Å². The molecule has 6 aliphatic rings. The lowest BCUT2D eigenvalue weighted by atomic mass is 9.65. The number of carbonyl (C=O) groups is 4. The Hall–Kier alpha value is -3.11. The molecule has 6 rings (SSSR count). The van der Waals surface area contributed by atoms with Crippen molar-refractivity contribution >= 4 is 40.5 Å². The molecule has 0 bridgehead atoms. The van der Waals surface area contributed by atoms with Gasteiger partial charge in [-0.15, -0.1) is 0 Å². The van der Waals surface area contributed by atoms with E-state index >= 15 is 0 Å². The van der Waals surface area contributed by atoms with E-state index in [1.807, 2.05) is 13.8 Å². The first-order valence-electron chi connectivity index (χ1n) is 28.0. The number of allylic oxidation sites excluding steroid dienone is 6. The molecule has 73 heavy (non-hydrogen) atoms. The minimum atomic E-state index is -2.01. The Balaban J connectivity index is 0.000000288. The number of fused-ring (bicyclic) bond motifs is 2. The van der Waals surface area contributed by atoms with Gasteiger partial charge in [0.15, 0.2) is 16.6 Å². The number of ether oxygens (including phenoxy) is 4. The van der Waals surface area contributed by atoms with Gasteiger partial charge >= 0.3 is 23.9 Å². The van der Waals surface area contributed by atoms with Crippen molar-refractivity contribution in [3.8, 4) is 0 Å². The second-order valence-corrected chi connectivity index (χ2v) is 36.2. The third kappa shape index (κ3) is 16.5.